The van der Waals surface area contributed by atoms with E-state index in [1.54, 1.807) is 11.3 Å². The minimum Gasteiger partial charge on any atom is -0.309 e. The van der Waals surface area contributed by atoms with Crippen LogP contribution in [0, 0.1) is 11.3 Å². The third-order valence-corrected chi connectivity index (χ3v) is 4.41. The third kappa shape index (κ3) is 3.81. The van der Waals surface area contributed by atoms with Crippen LogP contribution in [0.3, 0.4) is 0 Å². The van der Waals surface area contributed by atoms with E-state index in [4.69, 9.17) is 5.26 Å². The molecule has 1 saturated heterocycles. The quantitative estimate of drug-likeness (QED) is 0.887. The fraction of sp³-hybridized carbons (Fsp3) is 0.643. The van der Waals surface area contributed by atoms with E-state index >= 15 is 0 Å². The van der Waals surface area contributed by atoms with E-state index in [-0.39, 0.29) is 0 Å². The minimum absolute atomic E-state index is 0.644. The SMILES string of the molecule is CCCN1CCC(NCc2cc(C#N)cs2)CC1. The summed E-state index contributed by atoms with van der Waals surface area (Å²) in [6, 6.07) is 4.82. The summed E-state index contributed by atoms with van der Waals surface area (Å²) in [7, 11) is 0. The first-order valence-corrected chi connectivity index (χ1v) is 7.63. The fourth-order valence-electron chi connectivity index (χ4n) is 2.45. The van der Waals surface area contributed by atoms with Crippen LogP contribution in [-0.2, 0) is 6.54 Å². The van der Waals surface area contributed by atoms with Gasteiger partial charge < -0.3 is 10.2 Å². The predicted octanol–water partition coefficient (Wildman–Crippen LogP) is 2.58. The van der Waals surface area contributed by atoms with Crippen molar-refractivity contribution in [2.24, 2.45) is 0 Å². The molecule has 0 saturated carbocycles. The molecule has 1 fully saturated rings. The Morgan fingerprint density at radius 1 is 1.50 bits per heavy atom. The highest BCUT2D eigenvalue weighted by atomic mass is 32.1. The monoisotopic (exact) mass is 263 g/mol. The number of nitriles is 1. The maximum absolute atomic E-state index is 8.78. The van der Waals surface area contributed by atoms with E-state index in [9.17, 15) is 0 Å². The summed E-state index contributed by atoms with van der Waals surface area (Å²) in [5, 5.41) is 14.3. The molecule has 0 spiro atoms. The molecule has 98 valence electrons. The van der Waals surface area contributed by atoms with Gasteiger partial charge in [-0.15, -0.1) is 11.3 Å². The summed E-state index contributed by atoms with van der Waals surface area (Å²) in [4.78, 5) is 3.82. The topological polar surface area (TPSA) is 39.1 Å². The van der Waals surface area contributed by atoms with Gasteiger partial charge in [0.05, 0.1) is 5.56 Å². The lowest BCUT2D eigenvalue weighted by Gasteiger charge is -2.32. The van der Waals surface area contributed by atoms with Crippen LogP contribution in [0.5, 0.6) is 0 Å². The number of nitrogens with zero attached hydrogens (tertiary/aromatic N) is 2. The van der Waals surface area contributed by atoms with Crippen molar-refractivity contribution >= 4 is 11.3 Å². The zero-order valence-electron chi connectivity index (χ0n) is 11.0. The molecule has 0 aliphatic carbocycles. The Balaban J connectivity index is 1.70. The Hall–Kier alpha value is -0.890. The zero-order valence-corrected chi connectivity index (χ0v) is 11.8. The van der Waals surface area contributed by atoms with Gasteiger partial charge in [-0.2, -0.15) is 5.26 Å². The molecule has 0 aromatic carbocycles. The molecular weight excluding hydrogens is 242 g/mol. The molecule has 0 atom stereocenters. The summed E-state index contributed by atoms with van der Waals surface area (Å²) in [6.45, 7) is 6.83. The van der Waals surface area contributed by atoms with E-state index in [0.29, 0.717) is 6.04 Å². The lowest BCUT2D eigenvalue weighted by atomic mass is 10.0. The Morgan fingerprint density at radius 2 is 2.28 bits per heavy atom. The predicted molar refractivity (Wildman–Crippen MR) is 75.6 cm³/mol. The van der Waals surface area contributed by atoms with Crippen molar-refractivity contribution in [2.75, 3.05) is 19.6 Å². The highest BCUT2D eigenvalue weighted by molar-refractivity contribution is 7.10. The van der Waals surface area contributed by atoms with Gasteiger partial charge in [0.15, 0.2) is 0 Å². The summed E-state index contributed by atoms with van der Waals surface area (Å²) in [5.74, 6) is 0. The van der Waals surface area contributed by atoms with Crippen molar-refractivity contribution in [1.29, 1.82) is 5.26 Å². The van der Waals surface area contributed by atoms with E-state index in [1.807, 2.05) is 11.4 Å². The van der Waals surface area contributed by atoms with Crippen molar-refractivity contribution in [1.82, 2.24) is 10.2 Å². The Kier molecular flexibility index (Phi) is 5.18. The number of piperidine rings is 1. The first-order valence-electron chi connectivity index (χ1n) is 6.75. The number of likely N-dealkylation sites (tertiary alicyclic amines) is 1. The Labute approximate surface area is 113 Å². The van der Waals surface area contributed by atoms with Gasteiger partial charge in [0.2, 0.25) is 0 Å². The number of hydrogen-bond acceptors (Lipinski definition) is 4. The normalized spacial score (nSPS) is 17.8. The van der Waals surface area contributed by atoms with Crippen LogP contribution in [0.2, 0.25) is 0 Å². The average Bonchev–Trinajstić information content (AvgIpc) is 2.86. The fourth-order valence-corrected chi connectivity index (χ4v) is 3.21. The molecule has 4 heteroatoms. The van der Waals surface area contributed by atoms with Crippen LogP contribution in [0.1, 0.15) is 36.6 Å². The smallest absolute Gasteiger partial charge is 0.100 e. The zero-order chi connectivity index (χ0) is 12.8. The molecule has 0 unspecified atom stereocenters. The summed E-state index contributed by atoms with van der Waals surface area (Å²) < 4.78 is 0. The van der Waals surface area contributed by atoms with Crippen LogP contribution in [0.4, 0.5) is 0 Å². The lowest BCUT2D eigenvalue weighted by molar-refractivity contribution is 0.197. The lowest BCUT2D eigenvalue weighted by Crippen LogP contribution is -2.42. The maximum atomic E-state index is 8.78. The van der Waals surface area contributed by atoms with E-state index in [1.165, 1.54) is 43.8 Å². The van der Waals surface area contributed by atoms with Gasteiger partial charge in [-0.3, -0.25) is 0 Å². The molecule has 0 amide bonds. The second-order valence-corrected chi connectivity index (χ2v) is 5.91. The molecule has 3 nitrogen and oxygen atoms in total. The average molecular weight is 263 g/mol. The highest BCUT2D eigenvalue weighted by Gasteiger charge is 2.17. The molecule has 1 aromatic rings. The van der Waals surface area contributed by atoms with Crippen LogP contribution < -0.4 is 5.32 Å². The number of rotatable bonds is 5. The molecule has 18 heavy (non-hydrogen) atoms. The molecule has 0 bridgehead atoms. The standard InChI is InChI=1S/C14H21N3S/c1-2-5-17-6-3-13(4-7-17)16-10-14-8-12(9-15)11-18-14/h8,11,13,16H,2-7,10H2,1H3. The van der Waals surface area contributed by atoms with Gasteiger partial charge in [0, 0.05) is 22.8 Å². The van der Waals surface area contributed by atoms with Crippen LogP contribution in [0.25, 0.3) is 0 Å². The molecule has 2 rings (SSSR count). The molecular formula is C14H21N3S. The van der Waals surface area contributed by atoms with E-state index in [2.05, 4.69) is 23.2 Å². The van der Waals surface area contributed by atoms with Crippen molar-refractivity contribution < 1.29 is 0 Å². The van der Waals surface area contributed by atoms with Crippen molar-refractivity contribution in [3.05, 3.63) is 21.9 Å². The number of nitrogens with one attached hydrogen (secondary N) is 1. The first kappa shape index (κ1) is 13.5. The van der Waals surface area contributed by atoms with Gasteiger partial charge in [-0.05, 0) is 45.0 Å². The van der Waals surface area contributed by atoms with Gasteiger partial charge >= 0.3 is 0 Å². The van der Waals surface area contributed by atoms with Crippen LogP contribution >= 0.6 is 11.3 Å². The Bertz CT molecular complexity index is 399. The highest BCUT2D eigenvalue weighted by Crippen LogP contribution is 2.15. The van der Waals surface area contributed by atoms with Gasteiger partial charge in [-0.1, -0.05) is 6.92 Å². The van der Waals surface area contributed by atoms with Gasteiger partial charge in [-0.25, -0.2) is 0 Å². The molecule has 0 radical (unpaired) electrons. The molecule has 2 heterocycles. The Morgan fingerprint density at radius 3 is 2.89 bits per heavy atom. The van der Waals surface area contributed by atoms with Crippen molar-refractivity contribution in [3.8, 4) is 6.07 Å². The maximum Gasteiger partial charge on any atom is 0.100 e. The molecule has 1 aliphatic heterocycles. The number of hydrogen-bond donors (Lipinski definition) is 1. The summed E-state index contributed by atoms with van der Waals surface area (Å²) >= 11 is 1.68. The van der Waals surface area contributed by atoms with E-state index < -0.39 is 0 Å². The van der Waals surface area contributed by atoms with Crippen LogP contribution in [-0.4, -0.2) is 30.6 Å². The van der Waals surface area contributed by atoms with Crippen LogP contribution in [0.15, 0.2) is 11.4 Å². The van der Waals surface area contributed by atoms with E-state index in [0.717, 1.165) is 12.1 Å². The van der Waals surface area contributed by atoms with Gasteiger partial charge in [0.25, 0.3) is 0 Å². The molecule has 1 aliphatic rings. The second-order valence-electron chi connectivity index (χ2n) is 4.91. The first-order chi connectivity index (χ1) is 8.81. The summed E-state index contributed by atoms with van der Waals surface area (Å²) in [6.07, 6.45) is 3.75. The minimum atomic E-state index is 0.644. The van der Waals surface area contributed by atoms with Gasteiger partial charge in [0.1, 0.15) is 6.07 Å². The second kappa shape index (κ2) is 6.89. The van der Waals surface area contributed by atoms with Crippen molar-refractivity contribution in [2.45, 2.75) is 38.8 Å². The summed E-state index contributed by atoms with van der Waals surface area (Å²) in [5.41, 5.74) is 0.787. The molecule has 1 N–H and O–H groups in total. The van der Waals surface area contributed by atoms with Crippen molar-refractivity contribution in [3.63, 3.8) is 0 Å². The molecule has 1 aromatic heterocycles. The third-order valence-electron chi connectivity index (χ3n) is 3.48. The largest absolute Gasteiger partial charge is 0.309 e. The number of thiophene rings is 1.